The summed E-state index contributed by atoms with van der Waals surface area (Å²) in [6.07, 6.45) is 1.64. The predicted molar refractivity (Wildman–Crippen MR) is 39.3 cm³/mol. The molecule has 1 rings (SSSR count). The molecule has 11 heavy (non-hydrogen) atoms. The zero-order valence-electron chi connectivity index (χ0n) is 6.74. The highest BCUT2D eigenvalue weighted by Crippen LogP contribution is 1.97. The monoisotopic (exact) mass is 154 g/mol. The fraction of sp³-hybridized carbons (Fsp3) is 0.375. The largest absolute Gasteiger partial charge is 0.380 e. The lowest BCUT2D eigenvalue weighted by Gasteiger charge is -1.95. The smallest absolute Gasteiger partial charge is 0.231 e. The van der Waals surface area contributed by atoms with Gasteiger partial charge in [0.15, 0.2) is 0 Å². The zero-order valence-corrected chi connectivity index (χ0v) is 6.74. The Kier molecular flexibility index (Phi) is 2.44. The van der Waals surface area contributed by atoms with Gasteiger partial charge >= 0.3 is 0 Å². The van der Waals surface area contributed by atoms with Crippen LogP contribution in [0.3, 0.4) is 0 Å². The summed E-state index contributed by atoms with van der Waals surface area (Å²) in [4.78, 5) is 0. The molecule has 60 valence electrons. The molecule has 0 aliphatic carbocycles. The number of pyridine rings is 1. The summed E-state index contributed by atoms with van der Waals surface area (Å²) >= 11 is 0. The summed E-state index contributed by atoms with van der Waals surface area (Å²) in [7, 11) is 1.63. The Balaban J connectivity index is 2.86. The second kappa shape index (κ2) is 3.34. The molecule has 0 spiro atoms. The van der Waals surface area contributed by atoms with E-state index in [-0.39, 0.29) is 0 Å². The maximum atomic E-state index is 9.19. The van der Waals surface area contributed by atoms with Crippen LogP contribution in [0.25, 0.3) is 0 Å². The van der Waals surface area contributed by atoms with Gasteiger partial charge in [0.1, 0.15) is 0 Å². The number of aromatic nitrogens is 1. The average molecular weight is 154 g/mol. The Morgan fingerprint density at radius 3 is 2.82 bits per heavy atom. The van der Waals surface area contributed by atoms with Gasteiger partial charge in [0, 0.05) is 30.4 Å². The van der Waals surface area contributed by atoms with E-state index < -0.39 is 0 Å². The lowest BCUT2D eigenvalue weighted by molar-refractivity contribution is -0.909. The van der Waals surface area contributed by atoms with Gasteiger partial charge in [0.05, 0.1) is 6.61 Å². The van der Waals surface area contributed by atoms with Crippen LogP contribution in [-0.4, -0.2) is 12.3 Å². The van der Waals surface area contributed by atoms with Gasteiger partial charge in [-0.1, -0.05) is 0 Å². The van der Waals surface area contributed by atoms with Gasteiger partial charge in [-0.2, -0.15) is 0 Å². The predicted octanol–water partition coefficient (Wildman–Crippen LogP) is 0.666. The number of nitrogens with zero attached hydrogens (tertiary/aromatic N) is 1. The van der Waals surface area contributed by atoms with Gasteiger partial charge in [0.25, 0.3) is 0 Å². The molecule has 3 heteroatoms. The van der Waals surface area contributed by atoms with Crippen LogP contribution in [0.1, 0.15) is 11.3 Å². The van der Waals surface area contributed by atoms with Crippen LogP contribution in [0.15, 0.2) is 18.3 Å². The number of hydrogen-bond donors (Lipinski definition) is 1. The molecule has 0 unspecified atom stereocenters. The van der Waals surface area contributed by atoms with Crippen LogP contribution in [0.5, 0.6) is 0 Å². The van der Waals surface area contributed by atoms with Crippen molar-refractivity contribution in [1.29, 1.82) is 0 Å². The third-order valence-corrected chi connectivity index (χ3v) is 1.50. The second-order valence-corrected chi connectivity index (χ2v) is 2.46. The third kappa shape index (κ3) is 1.91. The van der Waals surface area contributed by atoms with Crippen molar-refractivity contribution >= 4 is 0 Å². The maximum absolute atomic E-state index is 9.19. The van der Waals surface area contributed by atoms with Crippen LogP contribution in [0.2, 0.25) is 0 Å². The molecule has 1 N–H and O–H groups in total. The van der Waals surface area contributed by atoms with Crippen LogP contribution in [0.4, 0.5) is 0 Å². The molecular weight excluding hydrogens is 142 g/mol. The minimum absolute atomic E-state index is 0.529. The Hall–Kier alpha value is -1.09. The fourth-order valence-corrected chi connectivity index (χ4v) is 0.858. The highest BCUT2D eigenvalue weighted by Gasteiger charge is 2.04. The van der Waals surface area contributed by atoms with Crippen molar-refractivity contribution in [3.05, 3.63) is 29.6 Å². The van der Waals surface area contributed by atoms with Crippen LogP contribution in [-0.2, 0) is 11.3 Å². The van der Waals surface area contributed by atoms with E-state index in [0.29, 0.717) is 6.61 Å². The molecule has 1 aromatic heterocycles. The molecule has 0 amide bonds. The summed E-state index contributed by atoms with van der Waals surface area (Å²) in [5.41, 5.74) is 1.77. The molecule has 1 heterocycles. The fourth-order valence-electron chi connectivity index (χ4n) is 0.858. The van der Waals surface area contributed by atoms with Crippen molar-refractivity contribution in [3.63, 3.8) is 0 Å². The summed E-state index contributed by atoms with van der Waals surface area (Å²) < 4.78 is 5.99. The molecule has 1 aromatic rings. The Labute approximate surface area is 65.8 Å². The van der Waals surface area contributed by atoms with Crippen molar-refractivity contribution in [3.8, 4) is 0 Å². The molecule has 0 saturated heterocycles. The van der Waals surface area contributed by atoms with Gasteiger partial charge in [-0.05, 0) is 6.07 Å². The molecule has 0 aromatic carbocycles. The molecule has 0 aliphatic rings. The SMILES string of the molecule is COCc1ccc(C)[n+](O)c1. The van der Waals surface area contributed by atoms with E-state index in [1.807, 2.05) is 19.1 Å². The van der Waals surface area contributed by atoms with E-state index in [9.17, 15) is 5.21 Å². The van der Waals surface area contributed by atoms with E-state index in [1.165, 1.54) is 0 Å². The van der Waals surface area contributed by atoms with Gasteiger partial charge in [-0.25, -0.2) is 0 Å². The average Bonchev–Trinajstić information content (AvgIpc) is 1.98. The topological polar surface area (TPSA) is 33.3 Å². The highest BCUT2D eigenvalue weighted by atomic mass is 16.5. The first-order chi connectivity index (χ1) is 5.24. The van der Waals surface area contributed by atoms with E-state index in [4.69, 9.17) is 4.74 Å². The zero-order chi connectivity index (χ0) is 8.27. The summed E-state index contributed by atoms with van der Waals surface area (Å²) in [5.74, 6) is 0. The van der Waals surface area contributed by atoms with E-state index in [0.717, 1.165) is 16.0 Å². The molecular formula is C8H12NO2+. The van der Waals surface area contributed by atoms with Crippen LogP contribution >= 0.6 is 0 Å². The number of aryl methyl sites for hydroxylation is 1. The minimum Gasteiger partial charge on any atom is -0.380 e. The number of rotatable bonds is 2. The number of methoxy groups -OCH3 is 1. The summed E-state index contributed by atoms with van der Waals surface area (Å²) in [5, 5.41) is 9.19. The lowest BCUT2D eigenvalue weighted by atomic mass is 10.3. The normalized spacial score (nSPS) is 10.0. The summed E-state index contributed by atoms with van der Waals surface area (Å²) in [6.45, 7) is 2.36. The maximum Gasteiger partial charge on any atom is 0.231 e. The van der Waals surface area contributed by atoms with E-state index >= 15 is 0 Å². The minimum atomic E-state index is 0.529. The Bertz CT molecular complexity index is 248. The van der Waals surface area contributed by atoms with E-state index in [2.05, 4.69) is 0 Å². The first kappa shape index (κ1) is 8.01. The standard InChI is InChI=1S/C8H12NO2/c1-7-3-4-8(6-11-2)5-9(7)10/h3-5,10H,6H2,1-2H3/q+1. The molecule has 3 nitrogen and oxygen atoms in total. The van der Waals surface area contributed by atoms with Crippen molar-refractivity contribution in [2.24, 2.45) is 0 Å². The molecule has 0 fully saturated rings. The Morgan fingerprint density at radius 1 is 1.55 bits per heavy atom. The lowest BCUT2D eigenvalue weighted by Crippen LogP contribution is -2.33. The first-order valence-corrected chi connectivity index (χ1v) is 3.43. The highest BCUT2D eigenvalue weighted by molar-refractivity contribution is 5.07. The quantitative estimate of drug-likeness (QED) is 0.501. The first-order valence-electron chi connectivity index (χ1n) is 3.43. The van der Waals surface area contributed by atoms with Crippen LogP contribution < -0.4 is 4.73 Å². The number of ether oxygens (including phenoxy) is 1. The molecule has 0 aliphatic heterocycles. The van der Waals surface area contributed by atoms with Crippen molar-refractivity contribution in [2.45, 2.75) is 13.5 Å². The van der Waals surface area contributed by atoms with Crippen molar-refractivity contribution in [2.75, 3.05) is 7.11 Å². The third-order valence-electron chi connectivity index (χ3n) is 1.50. The molecule has 0 bridgehead atoms. The van der Waals surface area contributed by atoms with Crippen LogP contribution in [0, 0.1) is 6.92 Å². The Morgan fingerprint density at radius 2 is 2.27 bits per heavy atom. The van der Waals surface area contributed by atoms with Gasteiger partial charge in [-0.3, -0.25) is 5.21 Å². The van der Waals surface area contributed by atoms with Gasteiger partial charge in [-0.15, -0.1) is 0 Å². The van der Waals surface area contributed by atoms with Crippen molar-refractivity contribution < 1.29 is 14.7 Å². The molecule has 0 saturated carbocycles. The summed E-state index contributed by atoms with van der Waals surface area (Å²) in [6, 6.07) is 3.76. The van der Waals surface area contributed by atoms with Crippen molar-refractivity contribution in [1.82, 2.24) is 0 Å². The van der Waals surface area contributed by atoms with Gasteiger partial charge in [0.2, 0.25) is 11.9 Å². The number of hydrogen-bond acceptors (Lipinski definition) is 2. The molecule has 0 radical (unpaired) electrons. The second-order valence-electron chi connectivity index (χ2n) is 2.46. The molecule has 0 atom stereocenters. The van der Waals surface area contributed by atoms with E-state index in [1.54, 1.807) is 13.3 Å². The van der Waals surface area contributed by atoms with Gasteiger partial charge < -0.3 is 4.74 Å².